The maximum absolute atomic E-state index is 13.2. The molecule has 1 atom stereocenters. The monoisotopic (exact) mass is 476 g/mol. The standard InChI is InChI=1S/C28H32N2O3S/c1-33-28(32)26-16-24(18-34-26)22-8-5-9-23(15-22)25(14-19-6-3-2-4-7-19)30-27(31)21-12-10-20(17-29)11-13-21/h2-9,15-16,18,20-21,25H,10-14,17,29H2,1H3,(H,30,31). The third-order valence-corrected chi connectivity index (χ3v) is 7.67. The molecule has 1 fully saturated rings. The first kappa shape index (κ1) is 24.2. The maximum atomic E-state index is 13.2. The maximum Gasteiger partial charge on any atom is 0.348 e. The molecule has 0 spiro atoms. The molecule has 1 amide bonds. The molecule has 1 heterocycles. The lowest BCUT2D eigenvalue weighted by atomic mass is 9.81. The van der Waals surface area contributed by atoms with Crippen LogP contribution in [-0.2, 0) is 16.0 Å². The Kier molecular flexibility index (Phi) is 8.14. The second-order valence-electron chi connectivity index (χ2n) is 9.02. The summed E-state index contributed by atoms with van der Waals surface area (Å²) in [7, 11) is 1.39. The van der Waals surface area contributed by atoms with Crippen molar-refractivity contribution < 1.29 is 14.3 Å². The summed E-state index contributed by atoms with van der Waals surface area (Å²) < 4.78 is 4.85. The minimum Gasteiger partial charge on any atom is -0.465 e. The number of methoxy groups -OCH3 is 1. The van der Waals surface area contributed by atoms with Crippen molar-refractivity contribution in [3.8, 4) is 11.1 Å². The summed E-state index contributed by atoms with van der Waals surface area (Å²) in [5.74, 6) is 0.390. The molecule has 1 saturated carbocycles. The molecule has 1 unspecified atom stereocenters. The van der Waals surface area contributed by atoms with Crippen LogP contribution >= 0.6 is 11.3 Å². The van der Waals surface area contributed by atoms with Crippen LogP contribution in [0.2, 0.25) is 0 Å². The van der Waals surface area contributed by atoms with Gasteiger partial charge >= 0.3 is 5.97 Å². The van der Waals surface area contributed by atoms with Crippen molar-refractivity contribution in [3.05, 3.63) is 82.0 Å². The van der Waals surface area contributed by atoms with Crippen molar-refractivity contribution in [2.45, 2.75) is 38.1 Å². The van der Waals surface area contributed by atoms with Gasteiger partial charge in [-0.25, -0.2) is 4.79 Å². The number of thiophene rings is 1. The van der Waals surface area contributed by atoms with Gasteiger partial charge in [0.25, 0.3) is 0 Å². The Labute approximate surface area is 205 Å². The summed E-state index contributed by atoms with van der Waals surface area (Å²) >= 11 is 1.37. The average molecular weight is 477 g/mol. The molecule has 2 aromatic carbocycles. The minimum atomic E-state index is -0.328. The van der Waals surface area contributed by atoms with Crippen molar-refractivity contribution in [2.24, 2.45) is 17.6 Å². The average Bonchev–Trinajstić information content (AvgIpc) is 3.39. The second-order valence-corrected chi connectivity index (χ2v) is 9.93. The van der Waals surface area contributed by atoms with Crippen LogP contribution in [0.4, 0.5) is 0 Å². The summed E-state index contributed by atoms with van der Waals surface area (Å²) in [6.07, 6.45) is 4.56. The quantitative estimate of drug-likeness (QED) is 0.429. The van der Waals surface area contributed by atoms with Crippen LogP contribution in [0.1, 0.15) is 52.5 Å². The van der Waals surface area contributed by atoms with Crippen molar-refractivity contribution in [3.63, 3.8) is 0 Å². The van der Waals surface area contributed by atoms with Gasteiger partial charge in [0.2, 0.25) is 5.91 Å². The summed E-state index contributed by atoms with van der Waals surface area (Å²) in [5.41, 5.74) is 10.0. The first-order chi connectivity index (χ1) is 16.6. The number of nitrogens with two attached hydrogens (primary N) is 1. The smallest absolute Gasteiger partial charge is 0.348 e. The second kappa shape index (κ2) is 11.4. The highest BCUT2D eigenvalue weighted by atomic mass is 32.1. The Morgan fingerprint density at radius 3 is 2.50 bits per heavy atom. The highest BCUT2D eigenvalue weighted by Crippen LogP contribution is 2.31. The van der Waals surface area contributed by atoms with E-state index in [1.807, 2.05) is 41.8 Å². The van der Waals surface area contributed by atoms with E-state index in [1.54, 1.807) is 0 Å². The van der Waals surface area contributed by atoms with Gasteiger partial charge in [0.1, 0.15) is 4.88 Å². The number of ether oxygens (including phenoxy) is 1. The molecular weight excluding hydrogens is 444 g/mol. The van der Waals surface area contributed by atoms with Gasteiger partial charge in [-0.05, 0) is 84.3 Å². The Hall–Kier alpha value is -2.96. The van der Waals surface area contributed by atoms with E-state index in [-0.39, 0.29) is 23.8 Å². The van der Waals surface area contributed by atoms with Crippen molar-refractivity contribution in [1.82, 2.24) is 5.32 Å². The highest BCUT2D eigenvalue weighted by molar-refractivity contribution is 7.12. The van der Waals surface area contributed by atoms with Crippen molar-refractivity contribution in [2.75, 3.05) is 13.7 Å². The molecule has 0 aliphatic heterocycles. The summed E-state index contributed by atoms with van der Waals surface area (Å²) in [6, 6.07) is 20.2. The Morgan fingerprint density at radius 2 is 1.79 bits per heavy atom. The van der Waals surface area contributed by atoms with E-state index in [9.17, 15) is 9.59 Å². The van der Waals surface area contributed by atoms with Crippen LogP contribution < -0.4 is 11.1 Å². The topological polar surface area (TPSA) is 81.4 Å². The summed E-state index contributed by atoms with van der Waals surface area (Å²) in [4.78, 5) is 25.7. The van der Waals surface area contributed by atoms with E-state index in [2.05, 4.69) is 29.6 Å². The molecule has 0 bridgehead atoms. The molecule has 0 saturated heterocycles. The van der Waals surface area contributed by atoms with Gasteiger partial charge < -0.3 is 15.8 Å². The molecule has 34 heavy (non-hydrogen) atoms. The van der Waals surface area contributed by atoms with Crippen LogP contribution in [-0.4, -0.2) is 25.5 Å². The largest absolute Gasteiger partial charge is 0.465 e. The number of hydrogen-bond donors (Lipinski definition) is 2. The van der Waals surface area contributed by atoms with Crippen LogP contribution in [0.5, 0.6) is 0 Å². The molecule has 3 aromatic rings. The van der Waals surface area contributed by atoms with E-state index < -0.39 is 0 Å². The number of rotatable bonds is 8. The lowest BCUT2D eigenvalue weighted by molar-refractivity contribution is -0.127. The third-order valence-electron chi connectivity index (χ3n) is 6.76. The predicted molar refractivity (Wildman–Crippen MR) is 137 cm³/mol. The van der Waals surface area contributed by atoms with Gasteiger partial charge in [-0.2, -0.15) is 0 Å². The number of carbonyl (C=O) groups is 2. The molecule has 4 rings (SSSR count). The number of hydrogen-bond acceptors (Lipinski definition) is 5. The fourth-order valence-electron chi connectivity index (χ4n) is 4.68. The van der Waals surface area contributed by atoms with Crippen LogP contribution in [0.15, 0.2) is 66.0 Å². The fourth-order valence-corrected chi connectivity index (χ4v) is 5.51. The number of amides is 1. The van der Waals surface area contributed by atoms with E-state index in [0.717, 1.165) is 42.4 Å². The number of carbonyl (C=O) groups excluding carboxylic acids is 2. The van der Waals surface area contributed by atoms with Gasteiger partial charge in [-0.3, -0.25) is 4.79 Å². The SMILES string of the molecule is COC(=O)c1cc(-c2cccc(C(Cc3ccccc3)NC(=O)C3CCC(CN)CC3)c2)cs1. The first-order valence-electron chi connectivity index (χ1n) is 11.9. The summed E-state index contributed by atoms with van der Waals surface area (Å²) in [6.45, 7) is 0.706. The molecule has 1 aliphatic carbocycles. The summed E-state index contributed by atoms with van der Waals surface area (Å²) in [5, 5.41) is 5.32. The van der Waals surface area contributed by atoms with Crippen LogP contribution in [0, 0.1) is 11.8 Å². The highest BCUT2D eigenvalue weighted by Gasteiger charge is 2.27. The Balaban J connectivity index is 1.56. The van der Waals surface area contributed by atoms with Gasteiger partial charge in [-0.1, -0.05) is 48.5 Å². The Morgan fingerprint density at radius 1 is 1.03 bits per heavy atom. The first-order valence-corrected chi connectivity index (χ1v) is 12.8. The number of nitrogens with one attached hydrogen (secondary N) is 1. The molecule has 1 aliphatic rings. The Bertz CT molecular complexity index is 1100. The molecule has 1 aromatic heterocycles. The van der Waals surface area contributed by atoms with Crippen LogP contribution in [0.3, 0.4) is 0 Å². The lowest BCUT2D eigenvalue weighted by Gasteiger charge is -2.29. The van der Waals surface area contributed by atoms with E-state index in [0.29, 0.717) is 23.8 Å². The predicted octanol–water partition coefficient (Wildman–Crippen LogP) is 5.37. The fraction of sp³-hybridized carbons (Fsp3) is 0.357. The van der Waals surface area contributed by atoms with E-state index in [1.165, 1.54) is 24.0 Å². The molecule has 5 nitrogen and oxygen atoms in total. The molecule has 3 N–H and O–H groups in total. The molecule has 178 valence electrons. The van der Waals surface area contributed by atoms with E-state index in [4.69, 9.17) is 10.5 Å². The number of esters is 1. The minimum absolute atomic E-state index is 0.0451. The zero-order valence-electron chi connectivity index (χ0n) is 19.5. The van der Waals surface area contributed by atoms with Crippen molar-refractivity contribution >= 4 is 23.2 Å². The number of benzene rings is 2. The normalized spacial score (nSPS) is 18.8. The van der Waals surface area contributed by atoms with Gasteiger partial charge in [0.15, 0.2) is 0 Å². The molecule has 6 heteroatoms. The lowest BCUT2D eigenvalue weighted by Crippen LogP contribution is -2.37. The van der Waals surface area contributed by atoms with Gasteiger partial charge in [0, 0.05) is 5.92 Å². The van der Waals surface area contributed by atoms with Gasteiger partial charge in [-0.15, -0.1) is 11.3 Å². The zero-order chi connectivity index (χ0) is 23.9. The van der Waals surface area contributed by atoms with E-state index >= 15 is 0 Å². The van der Waals surface area contributed by atoms with Crippen molar-refractivity contribution in [1.29, 1.82) is 0 Å². The van der Waals surface area contributed by atoms with Gasteiger partial charge in [0.05, 0.1) is 13.2 Å². The molecular formula is C28H32N2O3S. The third kappa shape index (κ3) is 5.93. The molecule has 0 radical (unpaired) electrons. The zero-order valence-corrected chi connectivity index (χ0v) is 20.4. The van der Waals surface area contributed by atoms with Crippen LogP contribution in [0.25, 0.3) is 11.1 Å².